The lowest BCUT2D eigenvalue weighted by Gasteiger charge is -2.06. The molecule has 100 valence electrons. The van der Waals surface area contributed by atoms with Crippen molar-refractivity contribution in [2.75, 3.05) is 0 Å². The highest BCUT2D eigenvalue weighted by atomic mass is 35.5. The Bertz CT molecular complexity index is 624. The summed E-state index contributed by atoms with van der Waals surface area (Å²) in [6, 6.07) is 5.91. The summed E-state index contributed by atoms with van der Waals surface area (Å²) in [4.78, 5) is 12.0. The molecule has 0 atom stereocenters. The van der Waals surface area contributed by atoms with Gasteiger partial charge in [-0.05, 0) is 30.7 Å². The zero-order chi connectivity index (χ0) is 14.0. The van der Waals surface area contributed by atoms with Gasteiger partial charge in [0.25, 0.3) is 0 Å². The molecule has 6 heteroatoms. The third-order valence-corrected chi connectivity index (χ3v) is 3.70. The third kappa shape index (κ3) is 3.24. The van der Waals surface area contributed by atoms with E-state index in [4.69, 9.17) is 21.4 Å². The molecule has 0 unspecified atom stereocenters. The minimum atomic E-state index is -1.02. The van der Waals surface area contributed by atoms with E-state index in [1.807, 2.05) is 0 Å². The van der Waals surface area contributed by atoms with Crippen molar-refractivity contribution >= 4 is 28.9 Å². The van der Waals surface area contributed by atoms with E-state index in [-0.39, 0.29) is 16.5 Å². The Balaban J connectivity index is 2.14. The zero-order valence-electron chi connectivity index (χ0n) is 9.94. The Labute approximate surface area is 118 Å². The van der Waals surface area contributed by atoms with Crippen LogP contribution in [-0.4, -0.2) is 11.1 Å². The molecule has 1 aromatic carbocycles. The number of hydrogen-bond acceptors (Lipinski definition) is 3. The maximum absolute atomic E-state index is 13.0. The van der Waals surface area contributed by atoms with Crippen molar-refractivity contribution in [1.82, 2.24) is 0 Å². The van der Waals surface area contributed by atoms with Crippen LogP contribution >= 0.6 is 22.9 Å². The molecule has 0 aliphatic carbocycles. The van der Waals surface area contributed by atoms with Gasteiger partial charge < -0.3 is 9.84 Å². The van der Waals surface area contributed by atoms with Crippen molar-refractivity contribution in [2.45, 2.75) is 13.5 Å². The predicted molar refractivity (Wildman–Crippen MR) is 71.8 cm³/mol. The van der Waals surface area contributed by atoms with Crippen molar-refractivity contribution < 1.29 is 19.0 Å². The molecule has 1 heterocycles. The van der Waals surface area contributed by atoms with Crippen LogP contribution in [0.15, 0.2) is 24.3 Å². The monoisotopic (exact) mass is 300 g/mol. The Morgan fingerprint density at radius 2 is 2.21 bits per heavy atom. The Hall–Kier alpha value is -1.59. The van der Waals surface area contributed by atoms with Crippen molar-refractivity contribution in [3.05, 3.63) is 50.4 Å². The maximum atomic E-state index is 13.0. The number of thiophene rings is 1. The van der Waals surface area contributed by atoms with Gasteiger partial charge in [0.1, 0.15) is 18.2 Å². The molecule has 0 aliphatic heterocycles. The second-order valence-electron chi connectivity index (χ2n) is 3.89. The smallest absolute Gasteiger partial charge is 0.349 e. The van der Waals surface area contributed by atoms with Crippen LogP contribution in [0.3, 0.4) is 0 Å². The zero-order valence-corrected chi connectivity index (χ0v) is 11.5. The highest BCUT2D eigenvalue weighted by Crippen LogP contribution is 2.29. The number of ether oxygens (including phenoxy) is 1. The van der Waals surface area contributed by atoms with E-state index >= 15 is 0 Å². The predicted octanol–water partition coefficient (Wildman–Crippen LogP) is 4.13. The van der Waals surface area contributed by atoms with E-state index in [2.05, 4.69) is 0 Å². The molecule has 0 saturated heterocycles. The molecule has 19 heavy (non-hydrogen) atoms. The van der Waals surface area contributed by atoms with Gasteiger partial charge in [-0.15, -0.1) is 11.3 Å². The molecule has 0 fully saturated rings. The van der Waals surface area contributed by atoms with Gasteiger partial charge in [-0.1, -0.05) is 17.7 Å². The van der Waals surface area contributed by atoms with Crippen LogP contribution in [0.2, 0.25) is 5.02 Å². The molecule has 0 spiro atoms. The second kappa shape index (κ2) is 5.59. The van der Waals surface area contributed by atoms with Crippen LogP contribution in [0.5, 0.6) is 5.75 Å². The third-order valence-electron chi connectivity index (χ3n) is 2.39. The average molecular weight is 301 g/mol. The molecule has 1 aromatic heterocycles. The molecular weight excluding hydrogens is 291 g/mol. The fourth-order valence-corrected chi connectivity index (χ4v) is 2.53. The molecule has 2 rings (SSSR count). The minimum Gasteiger partial charge on any atom is -0.487 e. The molecular formula is C13H10ClFO3S. The molecule has 0 aliphatic rings. The number of carboxylic acid groups (broad SMARTS) is 1. The van der Waals surface area contributed by atoms with E-state index in [0.717, 1.165) is 16.2 Å². The fourth-order valence-electron chi connectivity index (χ4n) is 1.54. The summed E-state index contributed by atoms with van der Waals surface area (Å²) < 4.78 is 18.4. The molecule has 0 amide bonds. The maximum Gasteiger partial charge on any atom is 0.349 e. The molecule has 2 aromatic rings. The van der Waals surface area contributed by atoms with Gasteiger partial charge in [0.15, 0.2) is 4.88 Å². The van der Waals surface area contributed by atoms with E-state index in [0.29, 0.717) is 11.3 Å². The van der Waals surface area contributed by atoms with Crippen LogP contribution < -0.4 is 4.74 Å². The largest absolute Gasteiger partial charge is 0.487 e. The summed E-state index contributed by atoms with van der Waals surface area (Å²) in [7, 11) is 0. The standard InChI is InChI=1S/C13H10ClFO3S/c1-7-4-11(12(19-7)13(16)17)18-6-8-2-3-10(15)9(14)5-8/h2-5H,6H2,1H3,(H,16,17). The number of hydrogen-bond donors (Lipinski definition) is 1. The Morgan fingerprint density at radius 1 is 1.47 bits per heavy atom. The summed E-state index contributed by atoms with van der Waals surface area (Å²) >= 11 is 6.81. The lowest BCUT2D eigenvalue weighted by atomic mass is 10.2. The SMILES string of the molecule is Cc1cc(OCc2ccc(F)c(Cl)c2)c(C(=O)O)s1. The van der Waals surface area contributed by atoms with Crippen molar-refractivity contribution in [2.24, 2.45) is 0 Å². The van der Waals surface area contributed by atoms with Gasteiger partial charge >= 0.3 is 5.97 Å². The van der Waals surface area contributed by atoms with Gasteiger partial charge in [0.2, 0.25) is 0 Å². The quantitative estimate of drug-likeness (QED) is 0.923. The van der Waals surface area contributed by atoms with E-state index in [9.17, 15) is 9.18 Å². The highest BCUT2D eigenvalue weighted by molar-refractivity contribution is 7.14. The first-order valence-electron chi connectivity index (χ1n) is 5.38. The fraction of sp³-hybridized carbons (Fsp3) is 0.154. The lowest BCUT2D eigenvalue weighted by Crippen LogP contribution is -2.00. The van der Waals surface area contributed by atoms with E-state index < -0.39 is 11.8 Å². The first kappa shape index (κ1) is 13.8. The van der Waals surface area contributed by atoms with Gasteiger partial charge in [-0.3, -0.25) is 0 Å². The number of carboxylic acids is 1. The summed E-state index contributed by atoms with van der Waals surface area (Å²) in [5.41, 5.74) is 0.673. The number of rotatable bonds is 4. The summed E-state index contributed by atoms with van der Waals surface area (Å²) in [6.45, 7) is 1.94. The Kier molecular flexibility index (Phi) is 4.07. The second-order valence-corrected chi connectivity index (χ2v) is 5.56. The number of halogens is 2. The summed E-state index contributed by atoms with van der Waals surface area (Å²) in [5, 5.41) is 9.03. The van der Waals surface area contributed by atoms with Crippen LogP contribution in [0.4, 0.5) is 4.39 Å². The van der Waals surface area contributed by atoms with E-state index in [1.165, 1.54) is 12.1 Å². The Morgan fingerprint density at radius 3 is 2.84 bits per heavy atom. The highest BCUT2D eigenvalue weighted by Gasteiger charge is 2.15. The van der Waals surface area contributed by atoms with Crippen LogP contribution in [0, 0.1) is 12.7 Å². The average Bonchev–Trinajstić information content (AvgIpc) is 2.72. The number of aromatic carboxylic acids is 1. The number of aryl methyl sites for hydroxylation is 1. The molecule has 1 N–H and O–H groups in total. The lowest BCUT2D eigenvalue weighted by molar-refractivity contribution is 0.0697. The minimum absolute atomic E-state index is 0.0149. The number of benzene rings is 1. The van der Waals surface area contributed by atoms with Crippen molar-refractivity contribution in [1.29, 1.82) is 0 Å². The normalized spacial score (nSPS) is 10.5. The summed E-state index contributed by atoms with van der Waals surface area (Å²) in [5.74, 6) is -1.20. The topological polar surface area (TPSA) is 46.5 Å². The first-order chi connectivity index (χ1) is 8.97. The van der Waals surface area contributed by atoms with Gasteiger partial charge in [0.05, 0.1) is 5.02 Å². The van der Waals surface area contributed by atoms with Crippen LogP contribution in [0.1, 0.15) is 20.1 Å². The van der Waals surface area contributed by atoms with Gasteiger partial charge in [-0.2, -0.15) is 0 Å². The summed E-state index contributed by atoms with van der Waals surface area (Å²) in [6.07, 6.45) is 0. The molecule has 0 bridgehead atoms. The molecule has 0 radical (unpaired) electrons. The van der Waals surface area contributed by atoms with Gasteiger partial charge in [0, 0.05) is 4.88 Å². The van der Waals surface area contributed by atoms with E-state index in [1.54, 1.807) is 19.1 Å². The van der Waals surface area contributed by atoms with Crippen LogP contribution in [0.25, 0.3) is 0 Å². The van der Waals surface area contributed by atoms with Gasteiger partial charge in [-0.25, -0.2) is 9.18 Å². The molecule has 3 nitrogen and oxygen atoms in total. The van der Waals surface area contributed by atoms with Crippen LogP contribution in [-0.2, 0) is 6.61 Å². The number of carbonyl (C=O) groups is 1. The van der Waals surface area contributed by atoms with Crippen molar-refractivity contribution in [3.63, 3.8) is 0 Å². The first-order valence-corrected chi connectivity index (χ1v) is 6.57. The van der Waals surface area contributed by atoms with Crippen molar-refractivity contribution in [3.8, 4) is 5.75 Å². The molecule has 0 saturated carbocycles.